The van der Waals surface area contributed by atoms with E-state index in [0.717, 1.165) is 5.56 Å². The number of aliphatic hydroxyl groups excluding tert-OH is 1. The first-order chi connectivity index (χ1) is 5.75. The third-order valence-electron chi connectivity index (χ3n) is 1.68. The number of rotatable bonds is 0. The number of phenolic OH excluding ortho intramolecular Hbond substituents is 1. The van der Waals surface area contributed by atoms with Gasteiger partial charge in [0.2, 0.25) is 6.29 Å². The Kier molecular flexibility index (Phi) is 1.52. The Labute approximate surface area is 69.5 Å². The van der Waals surface area contributed by atoms with Crippen molar-refractivity contribution in [3.05, 3.63) is 29.8 Å². The Bertz CT molecular complexity index is 331. The van der Waals surface area contributed by atoms with E-state index in [-0.39, 0.29) is 5.75 Å². The molecule has 1 heterocycles. The Morgan fingerprint density at radius 3 is 3.00 bits per heavy atom. The van der Waals surface area contributed by atoms with E-state index in [1.54, 1.807) is 18.2 Å². The van der Waals surface area contributed by atoms with Gasteiger partial charge in [0.25, 0.3) is 0 Å². The molecule has 3 nitrogen and oxygen atoms in total. The molecule has 1 aliphatic heterocycles. The van der Waals surface area contributed by atoms with Gasteiger partial charge in [0.05, 0.1) is 0 Å². The van der Waals surface area contributed by atoms with Gasteiger partial charge >= 0.3 is 0 Å². The smallest absolute Gasteiger partial charge is 0.217 e. The highest BCUT2D eigenvalue weighted by Crippen LogP contribution is 2.28. The lowest BCUT2D eigenvalue weighted by Crippen LogP contribution is -2.15. The molecule has 1 atom stereocenters. The molecule has 2 rings (SSSR count). The van der Waals surface area contributed by atoms with Crippen molar-refractivity contribution in [1.29, 1.82) is 0 Å². The van der Waals surface area contributed by atoms with E-state index in [9.17, 15) is 0 Å². The molecular weight excluding hydrogens is 156 g/mol. The highest BCUT2D eigenvalue weighted by atomic mass is 16.6. The SMILES string of the molecule is Oc1ccc2c(c1)C=CC(O)O2. The monoisotopic (exact) mass is 164 g/mol. The number of phenols is 1. The number of hydrogen-bond donors (Lipinski definition) is 2. The van der Waals surface area contributed by atoms with E-state index < -0.39 is 6.29 Å². The molecule has 1 unspecified atom stereocenters. The van der Waals surface area contributed by atoms with Gasteiger partial charge in [0.15, 0.2) is 0 Å². The van der Waals surface area contributed by atoms with Crippen molar-refractivity contribution in [3.8, 4) is 11.5 Å². The third-order valence-corrected chi connectivity index (χ3v) is 1.68. The molecule has 0 bridgehead atoms. The normalized spacial score (nSPS) is 19.9. The first-order valence-corrected chi connectivity index (χ1v) is 3.62. The summed E-state index contributed by atoms with van der Waals surface area (Å²) in [4.78, 5) is 0. The predicted molar refractivity (Wildman–Crippen MR) is 43.8 cm³/mol. The lowest BCUT2D eigenvalue weighted by atomic mass is 10.1. The molecule has 1 aliphatic rings. The van der Waals surface area contributed by atoms with Crippen LogP contribution in [0.5, 0.6) is 11.5 Å². The van der Waals surface area contributed by atoms with E-state index in [0.29, 0.717) is 5.75 Å². The van der Waals surface area contributed by atoms with Crippen LogP contribution < -0.4 is 4.74 Å². The summed E-state index contributed by atoms with van der Waals surface area (Å²) in [5.41, 5.74) is 0.778. The second-order valence-electron chi connectivity index (χ2n) is 2.59. The van der Waals surface area contributed by atoms with Gasteiger partial charge in [-0.05, 0) is 30.4 Å². The number of aliphatic hydroxyl groups is 1. The largest absolute Gasteiger partial charge is 0.508 e. The molecule has 0 spiro atoms. The van der Waals surface area contributed by atoms with Gasteiger partial charge in [-0.1, -0.05) is 0 Å². The quantitative estimate of drug-likeness (QED) is 0.604. The van der Waals surface area contributed by atoms with Gasteiger partial charge in [0, 0.05) is 5.56 Å². The summed E-state index contributed by atoms with van der Waals surface area (Å²) in [6.07, 6.45) is 2.35. The summed E-state index contributed by atoms with van der Waals surface area (Å²) in [7, 11) is 0. The molecule has 0 radical (unpaired) electrons. The second kappa shape index (κ2) is 2.53. The van der Waals surface area contributed by atoms with Crippen molar-refractivity contribution < 1.29 is 14.9 Å². The van der Waals surface area contributed by atoms with Crippen LogP contribution in [0.1, 0.15) is 5.56 Å². The molecule has 0 saturated heterocycles. The topological polar surface area (TPSA) is 49.7 Å². The van der Waals surface area contributed by atoms with E-state index in [2.05, 4.69) is 0 Å². The number of hydrogen-bond acceptors (Lipinski definition) is 3. The average molecular weight is 164 g/mol. The fourth-order valence-corrected chi connectivity index (χ4v) is 1.13. The van der Waals surface area contributed by atoms with Crippen molar-refractivity contribution >= 4 is 6.08 Å². The Balaban J connectivity index is 2.47. The highest BCUT2D eigenvalue weighted by Gasteiger charge is 2.11. The fourth-order valence-electron chi connectivity index (χ4n) is 1.13. The molecule has 1 aromatic rings. The van der Waals surface area contributed by atoms with Crippen LogP contribution in [0.3, 0.4) is 0 Å². The number of aromatic hydroxyl groups is 1. The zero-order chi connectivity index (χ0) is 8.55. The fraction of sp³-hybridized carbons (Fsp3) is 0.111. The summed E-state index contributed by atoms with van der Waals surface area (Å²) < 4.78 is 5.04. The van der Waals surface area contributed by atoms with Crippen LogP contribution in [0.2, 0.25) is 0 Å². The first-order valence-electron chi connectivity index (χ1n) is 3.62. The summed E-state index contributed by atoms with van der Waals surface area (Å²) in [6.45, 7) is 0. The molecule has 0 saturated carbocycles. The van der Waals surface area contributed by atoms with Gasteiger partial charge < -0.3 is 14.9 Å². The summed E-state index contributed by atoms with van der Waals surface area (Å²) in [5.74, 6) is 0.779. The van der Waals surface area contributed by atoms with Gasteiger partial charge in [-0.3, -0.25) is 0 Å². The highest BCUT2D eigenvalue weighted by molar-refractivity contribution is 5.61. The lowest BCUT2D eigenvalue weighted by Gasteiger charge is -2.16. The molecule has 12 heavy (non-hydrogen) atoms. The van der Waals surface area contributed by atoms with E-state index in [4.69, 9.17) is 14.9 Å². The van der Waals surface area contributed by atoms with Crippen molar-refractivity contribution in [2.24, 2.45) is 0 Å². The van der Waals surface area contributed by atoms with Crippen molar-refractivity contribution in [1.82, 2.24) is 0 Å². The Hall–Kier alpha value is -1.48. The minimum absolute atomic E-state index is 0.193. The van der Waals surface area contributed by atoms with Crippen molar-refractivity contribution in [2.45, 2.75) is 6.29 Å². The van der Waals surface area contributed by atoms with Gasteiger partial charge in [-0.2, -0.15) is 0 Å². The third kappa shape index (κ3) is 1.14. The van der Waals surface area contributed by atoms with Crippen LogP contribution in [0.4, 0.5) is 0 Å². The maximum absolute atomic E-state index is 9.10. The zero-order valence-electron chi connectivity index (χ0n) is 6.27. The van der Waals surface area contributed by atoms with Gasteiger partial charge in [-0.15, -0.1) is 0 Å². The number of fused-ring (bicyclic) bond motifs is 1. The summed E-state index contributed by atoms with van der Waals surface area (Å²) in [6, 6.07) is 4.72. The van der Waals surface area contributed by atoms with E-state index in [1.165, 1.54) is 12.1 Å². The maximum atomic E-state index is 9.10. The summed E-state index contributed by atoms with van der Waals surface area (Å²) in [5, 5.41) is 18.2. The van der Waals surface area contributed by atoms with Crippen LogP contribution in [0.15, 0.2) is 24.3 Å². The van der Waals surface area contributed by atoms with Crippen LogP contribution in [0.25, 0.3) is 6.08 Å². The van der Waals surface area contributed by atoms with Crippen LogP contribution in [0, 0.1) is 0 Å². The molecule has 0 fully saturated rings. The predicted octanol–water partition coefficient (Wildman–Crippen LogP) is 1.12. The molecule has 0 aromatic heterocycles. The molecule has 1 aromatic carbocycles. The van der Waals surface area contributed by atoms with Gasteiger partial charge in [-0.25, -0.2) is 0 Å². The second-order valence-corrected chi connectivity index (χ2v) is 2.59. The van der Waals surface area contributed by atoms with Crippen LogP contribution >= 0.6 is 0 Å². The molecule has 0 aliphatic carbocycles. The average Bonchev–Trinajstić information content (AvgIpc) is 2.05. The molecule has 3 heteroatoms. The van der Waals surface area contributed by atoms with Crippen molar-refractivity contribution in [3.63, 3.8) is 0 Å². The minimum atomic E-state index is -0.873. The lowest BCUT2D eigenvalue weighted by molar-refractivity contribution is 0.0230. The Morgan fingerprint density at radius 1 is 1.33 bits per heavy atom. The number of ether oxygens (including phenoxy) is 1. The molecule has 62 valence electrons. The first kappa shape index (κ1) is 7.18. The maximum Gasteiger partial charge on any atom is 0.217 e. The van der Waals surface area contributed by atoms with Crippen LogP contribution in [-0.4, -0.2) is 16.5 Å². The van der Waals surface area contributed by atoms with E-state index >= 15 is 0 Å². The zero-order valence-corrected chi connectivity index (χ0v) is 6.27. The summed E-state index contributed by atoms with van der Waals surface area (Å²) >= 11 is 0. The Morgan fingerprint density at radius 2 is 2.17 bits per heavy atom. The minimum Gasteiger partial charge on any atom is -0.508 e. The standard InChI is InChI=1S/C9H8O3/c10-7-2-3-8-6(5-7)1-4-9(11)12-8/h1-5,9-11H. The van der Waals surface area contributed by atoms with Crippen LogP contribution in [-0.2, 0) is 0 Å². The molecule has 0 amide bonds. The molecular formula is C9H8O3. The van der Waals surface area contributed by atoms with Gasteiger partial charge in [0.1, 0.15) is 11.5 Å². The number of benzene rings is 1. The van der Waals surface area contributed by atoms with E-state index in [1.807, 2.05) is 0 Å². The molecule has 2 N–H and O–H groups in total. The van der Waals surface area contributed by atoms with Crippen molar-refractivity contribution in [2.75, 3.05) is 0 Å².